The van der Waals surface area contributed by atoms with Crippen LogP contribution in [0.4, 0.5) is 0 Å². The van der Waals surface area contributed by atoms with Crippen LogP contribution in [-0.2, 0) is 16.6 Å². The predicted octanol–water partition coefficient (Wildman–Crippen LogP) is 2.22. The normalized spacial score (nSPS) is 26.1. The maximum absolute atomic E-state index is 12.1. The molecule has 0 aromatic carbocycles. The van der Waals surface area contributed by atoms with E-state index in [1.54, 1.807) is 17.5 Å². The summed E-state index contributed by atoms with van der Waals surface area (Å²) in [6.07, 6.45) is 3.14. The average molecular weight is 356 g/mol. The molecule has 0 amide bonds. The first kappa shape index (κ1) is 16.5. The molecule has 1 aromatic heterocycles. The molecule has 9 heteroatoms. The second-order valence-corrected chi connectivity index (χ2v) is 8.40. The second kappa shape index (κ2) is 6.66. The van der Waals surface area contributed by atoms with Gasteiger partial charge in [-0.05, 0) is 44.1 Å². The minimum absolute atomic E-state index is 0.0873. The van der Waals surface area contributed by atoms with Gasteiger partial charge in [0.05, 0.1) is 18.6 Å². The molecule has 2 unspecified atom stereocenters. The number of nitrogens with zero attached hydrogens (tertiary/aromatic N) is 4. The Morgan fingerprint density at radius 2 is 2.30 bits per heavy atom. The summed E-state index contributed by atoms with van der Waals surface area (Å²) in [5, 5.41) is 8.76. The molecule has 2 aliphatic rings. The zero-order chi connectivity index (χ0) is 16.4. The molecular formula is C14H20N4O3S2. The predicted molar refractivity (Wildman–Crippen MR) is 89.3 cm³/mol. The molecule has 1 aromatic rings. The van der Waals surface area contributed by atoms with E-state index in [1.807, 2.05) is 17.0 Å². The van der Waals surface area contributed by atoms with Crippen LogP contribution in [0.5, 0.6) is 0 Å². The van der Waals surface area contributed by atoms with Gasteiger partial charge in [-0.25, -0.2) is 12.7 Å². The van der Waals surface area contributed by atoms with Gasteiger partial charge in [0.25, 0.3) is 0 Å². The molecular weight excluding hydrogens is 336 g/mol. The molecule has 126 valence electrons. The van der Waals surface area contributed by atoms with Crippen LogP contribution in [-0.4, -0.2) is 47.7 Å². The van der Waals surface area contributed by atoms with E-state index in [0.29, 0.717) is 24.7 Å². The van der Waals surface area contributed by atoms with Crippen molar-refractivity contribution in [1.29, 1.82) is 0 Å². The molecule has 2 aliphatic heterocycles. The van der Waals surface area contributed by atoms with Crippen LogP contribution >= 0.6 is 12.2 Å². The van der Waals surface area contributed by atoms with Crippen molar-refractivity contribution in [3.8, 4) is 0 Å². The molecule has 7 nitrogen and oxygen atoms in total. The van der Waals surface area contributed by atoms with Gasteiger partial charge < -0.3 is 9.32 Å². The maximum Gasteiger partial charge on any atom is 0.218 e. The van der Waals surface area contributed by atoms with Crippen LogP contribution < -0.4 is 0 Å². The number of sulfonamides is 1. The lowest BCUT2D eigenvalue weighted by atomic mass is 9.96. The lowest BCUT2D eigenvalue weighted by Gasteiger charge is -2.36. The molecule has 23 heavy (non-hydrogen) atoms. The fourth-order valence-corrected chi connectivity index (χ4v) is 4.49. The highest BCUT2D eigenvalue weighted by atomic mass is 32.2. The molecule has 0 aliphatic carbocycles. The number of hydrogen-bond acceptors (Lipinski definition) is 5. The van der Waals surface area contributed by atoms with Gasteiger partial charge in [-0.2, -0.15) is 5.11 Å². The Morgan fingerprint density at radius 1 is 1.48 bits per heavy atom. The number of hydrogen-bond donors (Lipinski definition) is 0. The number of piperidine rings is 1. The smallest absolute Gasteiger partial charge is 0.218 e. The molecule has 0 saturated carbocycles. The van der Waals surface area contributed by atoms with Crippen molar-refractivity contribution in [1.82, 2.24) is 9.21 Å². The van der Waals surface area contributed by atoms with Gasteiger partial charge in [0.2, 0.25) is 15.1 Å². The van der Waals surface area contributed by atoms with E-state index < -0.39 is 10.0 Å². The number of furan rings is 1. The topological polar surface area (TPSA) is 78.5 Å². The molecule has 0 N–H and O–H groups in total. The first-order chi connectivity index (χ1) is 11.0. The lowest BCUT2D eigenvalue weighted by molar-refractivity contribution is 0.161. The summed E-state index contributed by atoms with van der Waals surface area (Å²) in [6.45, 7) is 3.23. The SMILES string of the molecule is CCS(=O)(=O)N1CCCC(C2N=NC(=S)N2Cc2ccco2)C1. The van der Waals surface area contributed by atoms with Crippen LogP contribution in [0.1, 0.15) is 25.5 Å². The van der Waals surface area contributed by atoms with Crippen molar-refractivity contribution in [3.63, 3.8) is 0 Å². The Bertz CT molecular complexity index is 687. The minimum Gasteiger partial charge on any atom is -0.467 e. The van der Waals surface area contributed by atoms with Gasteiger partial charge in [0.15, 0.2) is 0 Å². The molecule has 0 bridgehead atoms. The van der Waals surface area contributed by atoms with Gasteiger partial charge in [-0.1, -0.05) is 0 Å². The summed E-state index contributed by atoms with van der Waals surface area (Å²) < 4.78 is 31.2. The molecule has 2 atom stereocenters. The van der Waals surface area contributed by atoms with Crippen molar-refractivity contribution in [3.05, 3.63) is 24.2 Å². The molecule has 1 saturated heterocycles. The summed E-state index contributed by atoms with van der Waals surface area (Å²) in [6, 6.07) is 3.71. The summed E-state index contributed by atoms with van der Waals surface area (Å²) in [5.74, 6) is 1.00. The van der Waals surface area contributed by atoms with Gasteiger partial charge in [0, 0.05) is 19.0 Å². The van der Waals surface area contributed by atoms with E-state index in [4.69, 9.17) is 16.6 Å². The van der Waals surface area contributed by atoms with Crippen molar-refractivity contribution in [2.75, 3.05) is 18.8 Å². The van der Waals surface area contributed by atoms with E-state index in [2.05, 4.69) is 10.2 Å². The van der Waals surface area contributed by atoms with Crippen LogP contribution in [0.25, 0.3) is 0 Å². The highest BCUT2D eigenvalue weighted by molar-refractivity contribution is 7.89. The Morgan fingerprint density at radius 3 is 3.00 bits per heavy atom. The number of rotatable bonds is 5. The van der Waals surface area contributed by atoms with Crippen LogP contribution in [0, 0.1) is 5.92 Å². The highest BCUT2D eigenvalue weighted by Crippen LogP contribution is 2.30. The van der Waals surface area contributed by atoms with Crippen molar-refractivity contribution in [2.45, 2.75) is 32.5 Å². The first-order valence-corrected chi connectivity index (χ1v) is 9.74. The Hall–Kier alpha value is -1.32. The van der Waals surface area contributed by atoms with Gasteiger partial charge in [-0.3, -0.25) is 0 Å². The quantitative estimate of drug-likeness (QED) is 0.756. The molecule has 3 heterocycles. The summed E-state index contributed by atoms with van der Waals surface area (Å²) in [4.78, 5) is 1.92. The third-order valence-electron chi connectivity index (χ3n) is 4.33. The van der Waals surface area contributed by atoms with E-state index in [0.717, 1.165) is 18.6 Å². The third kappa shape index (κ3) is 3.46. The lowest BCUT2D eigenvalue weighted by Crippen LogP contribution is -2.47. The number of thiocarbonyl (C=S) groups is 1. The van der Waals surface area contributed by atoms with E-state index in [1.165, 1.54) is 0 Å². The Labute approximate surface area is 141 Å². The molecule has 0 radical (unpaired) electrons. The summed E-state index contributed by atoms with van der Waals surface area (Å²) in [7, 11) is -3.17. The van der Waals surface area contributed by atoms with Gasteiger partial charge in [-0.15, -0.1) is 5.11 Å². The number of azo groups is 1. The summed E-state index contributed by atoms with van der Waals surface area (Å²) >= 11 is 5.28. The monoisotopic (exact) mass is 356 g/mol. The zero-order valence-electron chi connectivity index (χ0n) is 13.0. The Kier molecular flexibility index (Phi) is 4.79. The molecule has 3 rings (SSSR count). The fraction of sp³-hybridized carbons (Fsp3) is 0.643. The summed E-state index contributed by atoms with van der Waals surface area (Å²) in [5.41, 5.74) is 0. The van der Waals surface area contributed by atoms with Crippen LogP contribution in [0.15, 0.2) is 33.0 Å². The fourth-order valence-electron chi connectivity index (χ4n) is 3.07. The highest BCUT2D eigenvalue weighted by Gasteiger charge is 2.38. The van der Waals surface area contributed by atoms with Crippen LogP contribution in [0.2, 0.25) is 0 Å². The van der Waals surface area contributed by atoms with Crippen molar-refractivity contribution < 1.29 is 12.8 Å². The second-order valence-electron chi connectivity index (χ2n) is 5.78. The van der Waals surface area contributed by atoms with E-state index in [-0.39, 0.29) is 17.8 Å². The van der Waals surface area contributed by atoms with Crippen molar-refractivity contribution in [2.24, 2.45) is 16.1 Å². The third-order valence-corrected chi connectivity index (χ3v) is 6.50. The standard InChI is InChI=1S/C14H20N4O3S2/c1-2-23(19,20)17-7-3-5-11(9-17)13-15-16-14(22)18(13)10-12-6-4-8-21-12/h4,6,8,11,13H,2-3,5,7,9-10H2,1H3. The van der Waals surface area contributed by atoms with Crippen molar-refractivity contribution >= 4 is 27.4 Å². The average Bonchev–Trinajstić information content (AvgIpc) is 3.19. The van der Waals surface area contributed by atoms with E-state index in [9.17, 15) is 8.42 Å². The first-order valence-electron chi connectivity index (χ1n) is 7.73. The largest absolute Gasteiger partial charge is 0.467 e. The zero-order valence-corrected chi connectivity index (χ0v) is 14.6. The Balaban J connectivity index is 1.74. The molecule has 1 fully saturated rings. The van der Waals surface area contributed by atoms with E-state index >= 15 is 0 Å². The van der Waals surface area contributed by atoms with Gasteiger partial charge >= 0.3 is 0 Å². The maximum atomic E-state index is 12.1. The van der Waals surface area contributed by atoms with Gasteiger partial charge in [0.1, 0.15) is 11.9 Å². The molecule has 0 spiro atoms. The minimum atomic E-state index is -3.17. The van der Waals surface area contributed by atoms with Crippen LogP contribution in [0.3, 0.4) is 0 Å².